The minimum absolute atomic E-state index is 0.0212. The van der Waals surface area contributed by atoms with Crippen molar-refractivity contribution in [1.82, 2.24) is 0 Å². The highest BCUT2D eigenvalue weighted by Crippen LogP contribution is 2.16. The van der Waals surface area contributed by atoms with E-state index >= 15 is 0 Å². The summed E-state index contributed by atoms with van der Waals surface area (Å²) in [6.07, 6.45) is -0.375. The molecule has 15 heavy (non-hydrogen) atoms. The number of nitro groups is 1. The molecule has 0 atom stereocenters. The van der Waals surface area contributed by atoms with Crippen LogP contribution in [0.15, 0.2) is 18.2 Å². The van der Waals surface area contributed by atoms with Gasteiger partial charge in [0.15, 0.2) is 0 Å². The lowest BCUT2D eigenvalue weighted by molar-refractivity contribution is -0.385. The second kappa shape index (κ2) is 4.28. The Hall–Kier alpha value is -2.29. The summed E-state index contributed by atoms with van der Waals surface area (Å²) in [5.41, 5.74) is -0.409. The van der Waals surface area contributed by atoms with Gasteiger partial charge >= 0.3 is 0 Å². The van der Waals surface area contributed by atoms with Crippen molar-refractivity contribution < 1.29 is 14.1 Å². The van der Waals surface area contributed by atoms with Gasteiger partial charge in [-0.2, -0.15) is 5.26 Å². The molecule has 5 nitrogen and oxygen atoms in total. The Balaban J connectivity index is 2.99. The molecule has 0 heterocycles. The van der Waals surface area contributed by atoms with Gasteiger partial charge in [-0.05, 0) is 11.6 Å². The first-order valence-corrected chi connectivity index (χ1v) is 3.90. The topological polar surface area (TPSA) is 84.0 Å². The zero-order valence-electron chi connectivity index (χ0n) is 7.44. The molecule has 1 rings (SSSR count). The van der Waals surface area contributed by atoms with E-state index in [0.717, 1.165) is 18.2 Å². The van der Waals surface area contributed by atoms with E-state index in [-0.39, 0.29) is 17.7 Å². The van der Waals surface area contributed by atoms with Gasteiger partial charge in [-0.3, -0.25) is 14.9 Å². The smallest absolute Gasteiger partial charge is 0.272 e. The van der Waals surface area contributed by atoms with E-state index in [1.807, 2.05) is 0 Å². The summed E-state index contributed by atoms with van der Waals surface area (Å²) >= 11 is 0. The number of hydrogen-bond donors (Lipinski definition) is 0. The molecule has 0 saturated heterocycles. The number of ketones is 1. The molecule has 0 saturated carbocycles. The zero-order chi connectivity index (χ0) is 11.4. The van der Waals surface area contributed by atoms with Crippen molar-refractivity contribution >= 4 is 11.5 Å². The van der Waals surface area contributed by atoms with Crippen LogP contribution < -0.4 is 0 Å². The number of benzene rings is 1. The van der Waals surface area contributed by atoms with Crippen LogP contribution in [0.1, 0.15) is 5.56 Å². The number of nitrogens with zero attached hydrogens (tertiary/aromatic N) is 2. The third-order valence-corrected chi connectivity index (χ3v) is 1.72. The minimum atomic E-state index is -0.854. The molecule has 0 aromatic heterocycles. The summed E-state index contributed by atoms with van der Waals surface area (Å²) in [6, 6.07) is 4.27. The van der Waals surface area contributed by atoms with Gasteiger partial charge in [-0.25, -0.2) is 4.39 Å². The maximum atomic E-state index is 13.1. The molecule has 0 amide bonds. The summed E-state index contributed by atoms with van der Waals surface area (Å²) in [7, 11) is 0. The molecule has 76 valence electrons. The molecule has 0 N–H and O–H groups in total. The lowest BCUT2D eigenvalue weighted by Gasteiger charge is -1.98. The lowest BCUT2D eigenvalue weighted by Crippen LogP contribution is -2.01. The summed E-state index contributed by atoms with van der Waals surface area (Å²) in [6.45, 7) is 0. The Morgan fingerprint density at radius 2 is 2.27 bits per heavy atom. The molecule has 0 aliphatic heterocycles. The number of nitriles is 1. The van der Waals surface area contributed by atoms with E-state index in [1.165, 1.54) is 6.07 Å². The van der Waals surface area contributed by atoms with Crippen molar-refractivity contribution in [3.8, 4) is 6.07 Å². The third kappa shape index (κ3) is 2.57. The predicted molar refractivity (Wildman–Crippen MR) is 47.4 cm³/mol. The van der Waals surface area contributed by atoms with Crippen LogP contribution >= 0.6 is 0 Å². The normalized spacial score (nSPS) is 9.33. The number of halogens is 1. The van der Waals surface area contributed by atoms with Crippen LogP contribution in [0.3, 0.4) is 0 Å². The fraction of sp³-hybridized carbons (Fsp3) is 0.111. The first-order valence-electron chi connectivity index (χ1n) is 3.90. The third-order valence-electron chi connectivity index (χ3n) is 1.72. The number of hydrogen-bond acceptors (Lipinski definition) is 4. The van der Waals surface area contributed by atoms with Crippen LogP contribution in [-0.4, -0.2) is 10.7 Å². The Kier molecular flexibility index (Phi) is 3.08. The van der Waals surface area contributed by atoms with Gasteiger partial charge in [0.05, 0.1) is 11.0 Å². The van der Waals surface area contributed by atoms with E-state index in [0.29, 0.717) is 0 Å². The second-order valence-corrected chi connectivity index (χ2v) is 2.74. The average Bonchev–Trinajstić information content (AvgIpc) is 2.20. The van der Waals surface area contributed by atoms with Gasteiger partial charge in [0, 0.05) is 12.5 Å². The van der Waals surface area contributed by atoms with Gasteiger partial charge in [0.2, 0.25) is 5.78 Å². The molecule has 0 bridgehead atoms. The van der Waals surface area contributed by atoms with E-state index in [2.05, 4.69) is 0 Å². The monoisotopic (exact) mass is 208 g/mol. The Morgan fingerprint density at radius 1 is 1.60 bits per heavy atom. The van der Waals surface area contributed by atoms with E-state index in [4.69, 9.17) is 5.26 Å². The molecule has 0 radical (unpaired) electrons. The molecular weight excluding hydrogens is 203 g/mol. The van der Waals surface area contributed by atoms with Crippen LogP contribution in [0.25, 0.3) is 0 Å². The summed E-state index contributed by atoms with van der Waals surface area (Å²) in [5, 5.41) is 18.5. The maximum Gasteiger partial charge on any atom is 0.272 e. The number of carbonyl (C=O) groups excluding carboxylic acids is 1. The van der Waals surface area contributed by atoms with Gasteiger partial charge in [-0.1, -0.05) is 0 Å². The molecule has 0 unspecified atom stereocenters. The van der Waals surface area contributed by atoms with E-state index in [1.54, 1.807) is 0 Å². The molecule has 0 aliphatic rings. The van der Waals surface area contributed by atoms with Gasteiger partial charge in [0.25, 0.3) is 5.69 Å². The Labute approximate surface area is 83.9 Å². The number of non-ortho nitro benzene ring substituents is 1. The highest BCUT2D eigenvalue weighted by atomic mass is 19.1. The Morgan fingerprint density at radius 3 is 2.73 bits per heavy atom. The van der Waals surface area contributed by atoms with Crippen molar-refractivity contribution in [2.75, 3.05) is 0 Å². The summed E-state index contributed by atoms with van der Waals surface area (Å²) in [5.74, 6) is -1.64. The first kappa shape index (κ1) is 10.8. The van der Waals surface area contributed by atoms with Crippen LogP contribution in [0.4, 0.5) is 10.1 Å². The Bertz CT molecular complexity index is 465. The fourth-order valence-corrected chi connectivity index (χ4v) is 1.01. The van der Waals surface area contributed by atoms with E-state index in [9.17, 15) is 19.3 Å². The molecular formula is C9H5FN2O3. The summed E-state index contributed by atoms with van der Waals surface area (Å²) in [4.78, 5) is 20.2. The second-order valence-electron chi connectivity index (χ2n) is 2.74. The van der Waals surface area contributed by atoms with Crippen molar-refractivity contribution in [3.63, 3.8) is 0 Å². The van der Waals surface area contributed by atoms with Gasteiger partial charge in [0.1, 0.15) is 11.9 Å². The molecule has 1 aromatic carbocycles. The molecule has 6 heteroatoms. The molecule has 0 aliphatic carbocycles. The largest absolute Gasteiger partial charge is 0.282 e. The van der Waals surface area contributed by atoms with Gasteiger partial charge in [-0.15, -0.1) is 0 Å². The predicted octanol–water partition coefficient (Wildman–Crippen LogP) is 1.37. The first-order chi connectivity index (χ1) is 7.04. The number of Topliss-reactive ketones (excluding diaryl/α,β-unsaturated/α-hetero) is 1. The van der Waals surface area contributed by atoms with Crippen molar-refractivity contribution in [2.24, 2.45) is 0 Å². The highest BCUT2D eigenvalue weighted by molar-refractivity contribution is 5.94. The SMILES string of the molecule is N#CC(=O)Cc1ccc([N+](=O)[O-])cc1F. The standard InChI is InChI=1S/C9H5FN2O3/c10-9-4-7(12(14)15)2-1-6(9)3-8(13)5-11/h1-2,4H,3H2. The van der Waals surface area contributed by atoms with Crippen LogP contribution in [-0.2, 0) is 11.2 Å². The number of carbonyl (C=O) groups is 1. The lowest BCUT2D eigenvalue weighted by atomic mass is 10.1. The quantitative estimate of drug-likeness (QED) is 0.426. The van der Waals surface area contributed by atoms with Crippen molar-refractivity contribution in [1.29, 1.82) is 5.26 Å². The van der Waals surface area contributed by atoms with Crippen LogP contribution in [0.5, 0.6) is 0 Å². The maximum absolute atomic E-state index is 13.1. The van der Waals surface area contributed by atoms with E-state index < -0.39 is 16.5 Å². The minimum Gasteiger partial charge on any atom is -0.282 e. The molecule has 0 spiro atoms. The summed E-state index contributed by atoms with van der Waals surface area (Å²) < 4.78 is 13.1. The molecule has 1 aromatic rings. The highest BCUT2D eigenvalue weighted by Gasteiger charge is 2.12. The average molecular weight is 208 g/mol. The fourth-order valence-electron chi connectivity index (χ4n) is 1.01. The zero-order valence-corrected chi connectivity index (χ0v) is 7.44. The van der Waals surface area contributed by atoms with Crippen molar-refractivity contribution in [3.05, 3.63) is 39.7 Å². The van der Waals surface area contributed by atoms with Crippen molar-refractivity contribution in [2.45, 2.75) is 6.42 Å². The van der Waals surface area contributed by atoms with Crippen LogP contribution in [0.2, 0.25) is 0 Å². The number of rotatable bonds is 3. The molecule has 0 fully saturated rings. The van der Waals surface area contributed by atoms with Gasteiger partial charge < -0.3 is 0 Å². The number of nitro benzene ring substituents is 1. The van der Waals surface area contributed by atoms with Crippen LogP contribution in [0, 0.1) is 27.3 Å².